The molecular formula is C30H47BrN2O. The van der Waals surface area contributed by atoms with Crippen LogP contribution in [0.3, 0.4) is 0 Å². The summed E-state index contributed by atoms with van der Waals surface area (Å²) in [5.74, 6) is 1.82. The van der Waals surface area contributed by atoms with Gasteiger partial charge in [0, 0.05) is 6.20 Å². The van der Waals surface area contributed by atoms with Crippen LogP contribution in [0.5, 0.6) is 5.75 Å². The van der Waals surface area contributed by atoms with E-state index in [2.05, 4.69) is 54.5 Å². The summed E-state index contributed by atoms with van der Waals surface area (Å²) in [4.78, 5) is 4.32. The molecule has 0 aliphatic rings. The molecule has 3 nitrogen and oxygen atoms in total. The third kappa shape index (κ3) is 14.5. The molecule has 2 aromatic rings. The largest absolute Gasteiger partial charge is 0.489 e. The number of halogens is 1. The molecule has 2 rings (SSSR count). The molecule has 34 heavy (non-hydrogen) atoms. The van der Waals surface area contributed by atoms with Gasteiger partial charge in [0.2, 0.25) is 0 Å². The zero-order valence-electron chi connectivity index (χ0n) is 21.5. The molecule has 0 aliphatic carbocycles. The van der Waals surface area contributed by atoms with Gasteiger partial charge in [0.05, 0.1) is 6.54 Å². The zero-order chi connectivity index (χ0) is 23.4. The first-order valence-electron chi connectivity index (χ1n) is 13.4. The fourth-order valence-corrected chi connectivity index (χ4v) is 3.98. The second-order valence-corrected chi connectivity index (χ2v) is 9.04. The normalized spacial score (nSPS) is 11.8. The molecule has 1 heterocycles. The van der Waals surface area contributed by atoms with Crippen LogP contribution >= 0.6 is 17.0 Å². The molecule has 0 bridgehead atoms. The molecule has 1 atom stereocenters. The van der Waals surface area contributed by atoms with Gasteiger partial charge in [-0.2, -0.15) is 0 Å². The molecule has 1 unspecified atom stereocenters. The fourth-order valence-electron chi connectivity index (χ4n) is 3.98. The molecule has 1 N–H and O–H groups in total. The lowest BCUT2D eigenvalue weighted by Crippen LogP contribution is -2.25. The highest BCUT2D eigenvalue weighted by molar-refractivity contribution is 8.93. The van der Waals surface area contributed by atoms with Gasteiger partial charge >= 0.3 is 0 Å². The number of anilines is 1. The van der Waals surface area contributed by atoms with E-state index >= 15 is 0 Å². The Labute approximate surface area is 219 Å². The number of hydrogen-bond acceptors (Lipinski definition) is 3. The molecule has 4 heteroatoms. The van der Waals surface area contributed by atoms with E-state index in [1.165, 1.54) is 76.2 Å². The number of benzene rings is 1. The van der Waals surface area contributed by atoms with E-state index in [9.17, 15) is 0 Å². The molecule has 0 amide bonds. The smallest absolute Gasteiger partial charge is 0.125 e. The van der Waals surface area contributed by atoms with Crippen LogP contribution in [-0.4, -0.2) is 17.6 Å². The molecule has 1 aromatic carbocycles. The first-order chi connectivity index (χ1) is 16.3. The van der Waals surface area contributed by atoms with Crippen LogP contribution < -0.4 is 10.1 Å². The van der Waals surface area contributed by atoms with Gasteiger partial charge in [-0.25, -0.2) is 4.98 Å². The van der Waals surface area contributed by atoms with Crippen molar-refractivity contribution in [1.29, 1.82) is 0 Å². The maximum atomic E-state index is 6.22. The van der Waals surface area contributed by atoms with Crippen molar-refractivity contribution in [2.24, 2.45) is 0 Å². The van der Waals surface area contributed by atoms with Crippen LogP contribution in [0.2, 0.25) is 0 Å². The number of nitrogens with one attached hydrogen (secondary N) is 1. The summed E-state index contributed by atoms with van der Waals surface area (Å²) in [6.07, 6.45) is 23.9. The van der Waals surface area contributed by atoms with E-state index in [0.717, 1.165) is 31.0 Å². The van der Waals surface area contributed by atoms with Crippen LogP contribution in [0, 0.1) is 0 Å². The van der Waals surface area contributed by atoms with E-state index in [1.807, 2.05) is 24.3 Å². The Hall–Kier alpha value is -1.81. The summed E-state index contributed by atoms with van der Waals surface area (Å²) >= 11 is 0. The lowest BCUT2D eigenvalue weighted by atomic mass is 10.1. The Morgan fingerprint density at radius 1 is 0.853 bits per heavy atom. The Kier molecular flexibility index (Phi) is 18.3. The predicted molar refractivity (Wildman–Crippen MR) is 154 cm³/mol. The van der Waals surface area contributed by atoms with Gasteiger partial charge < -0.3 is 10.1 Å². The summed E-state index contributed by atoms with van der Waals surface area (Å²) in [6.45, 7) is 5.18. The van der Waals surface area contributed by atoms with E-state index in [-0.39, 0.29) is 23.1 Å². The third-order valence-corrected chi connectivity index (χ3v) is 6.08. The van der Waals surface area contributed by atoms with Crippen LogP contribution in [0.15, 0.2) is 54.7 Å². The van der Waals surface area contributed by atoms with E-state index in [1.54, 1.807) is 6.20 Å². The molecule has 0 spiro atoms. The number of unbranched alkanes of at least 4 members (excludes halogenated alkanes) is 11. The van der Waals surface area contributed by atoms with Gasteiger partial charge in [0.1, 0.15) is 17.7 Å². The lowest BCUT2D eigenvalue weighted by Gasteiger charge is -2.18. The van der Waals surface area contributed by atoms with Crippen molar-refractivity contribution in [3.8, 4) is 5.75 Å². The monoisotopic (exact) mass is 530 g/mol. The average molecular weight is 532 g/mol. The second-order valence-electron chi connectivity index (χ2n) is 9.04. The van der Waals surface area contributed by atoms with Gasteiger partial charge in [0.15, 0.2) is 0 Å². The summed E-state index contributed by atoms with van der Waals surface area (Å²) in [6, 6.07) is 14.3. The number of allylic oxidation sites excluding steroid dienone is 1. The minimum atomic E-state index is 0. The van der Waals surface area contributed by atoms with Crippen molar-refractivity contribution in [3.63, 3.8) is 0 Å². The molecule has 0 aliphatic heterocycles. The number of ether oxygens (including phenoxy) is 1. The van der Waals surface area contributed by atoms with E-state index in [0.29, 0.717) is 0 Å². The fraction of sp³-hybridized carbons (Fsp3) is 0.567. The molecule has 190 valence electrons. The summed E-state index contributed by atoms with van der Waals surface area (Å²) in [7, 11) is 0. The van der Waals surface area contributed by atoms with Gasteiger partial charge in [-0.1, -0.05) is 108 Å². The van der Waals surface area contributed by atoms with Crippen molar-refractivity contribution >= 4 is 28.9 Å². The topological polar surface area (TPSA) is 34.1 Å². The molecule has 0 fully saturated rings. The Morgan fingerprint density at radius 3 is 2.21 bits per heavy atom. The highest BCUT2D eigenvalue weighted by Crippen LogP contribution is 2.18. The number of rotatable bonds is 19. The Bertz CT molecular complexity index is 750. The minimum Gasteiger partial charge on any atom is -0.489 e. The van der Waals surface area contributed by atoms with Crippen LogP contribution in [0.25, 0.3) is 6.08 Å². The second kappa shape index (κ2) is 20.6. The van der Waals surface area contributed by atoms with Crippen molar-refractivity contribution in [3.05, 3.63) is 60.3 Å². The first-order valence-corrected chi connectivity index (χ1v) is 13.4. The quantitative estimate of drug-likeness (QED) is 0.183. The van der Waals surface area contributed by atoms with Crippen molar-refractivity contribution in [2.45, 2.75) is 103 Å². The number of pyridine rings is 1. The molecular weight excluding hydrogens is 484 g/mol. The molecule has 0 saturated heterocycles. The van der Waals surface area contributed by atoms with Gasteiger partial charge in [0.25, 0.3) is 0 Å². The molecule has 0 radical (unpaired) electrons. The minimum absolute atomic E-state index is 0. The van der Waals surface area contributed by atoms with Crippen LogP contribution in [0.4, 0.5) is 5.82 Å². The van der Waals surface area contributed by atoms with Crippen molar-refractivity contribution in [2.75, 3.05) is 11.9 Å². The number of hydrogen-bond donors (Lipinski definition) is 1. The first kappa shape index (κ1) is 30.2. The SMILES string of the molecule is Br.CCCCCCCCCCCCCC=Cc1cccc(OC(CC)CNc2ccccn2)c1. The van der Waals surface area contributed by atoms with Gasteiger partial charge in [-0.15, -0.1) is 17.0 Å². The summed E-state index contributed by atoms with van der Waals surface area (Å²) in [5, 5.41) is 3.36. The highest BCUT2D eigenvalue weighted by atomic mass is 79.9. The molecule has 0 saturated carbocycles. The summed E-state index contributed by atoms with van der Waals surface area (Å²) < 4.78 is 6.22. The van der Waals surface area contributed by atoms with Gasteiger partial charge in [-0.3, -0.25) is 0 Å². The van der Waals surface area contributed by atoms with E-state index < -0.39 is 0 Å². The third-order valence-electron chi connectivity index (χ3n) is 6.08. The predicted octanol–water partition coefficient (Wildman–Crippen LogP) is 9.64. The van der Waals surface area contributed by atoms with E-state index in [4.69, 9.17) is 4.74 Å². The maximum Gasteiger partial charge on any atom is 0.125 e. The number of aromatic nitrogens is 1. The van der Waals surface area contributed by atoms with Crippen LogP contribution in [-0.2, 0) is 0 Å². The molecule has 1 aromatic heterocycles. The standard InChI is InChI=1S/C30H46N2O.BrH/c1-3-5-6-7-8-9-10-11-12-13-14-15-16-20-27-21-19-22-29(25-27)33-28(4-2)26-32-30-23-17-18-24-31-30;/h16-25,28H,3-15,26H2,1-2H3,(H,31,32);1H. The highest BCUT2D eigenvalue weighted by Gasteiger charge is 2.08. The average Bonchev–Trinajstić information content (AvgIpc) is 2.85. The lowest BCUT2D eigenvalue weighted by molar-refractivity contribution is 0.210. The van der Waals surface area contributed by atoms with Gasteiger partial charge in [-0.05, 0) is 49.1 Å². The summed E-state index contributed by atoms with van der Waals surface area (Å²) in [5.41, 5.74) is 1.21. The number of nitrogens with zero attached hydrogens (tertiary/aromatic N) is 1. The zero-order valence-corrected chi connectivity index (χ0v) is 23.2. The Morgan fingerprint density at radius 2 is 1.56 bits per heavy atom. The van der Waals surface area contributed by atoms with Crippen molar-refractivity contribution < 1.29 is 4.74 Å². The van der Waals surface area contributed by atoms with Crippen LogP contribution in [0.1, 0.15) is 103 Å². The Balaban J connectivity index is 0.00000578. The maximum absolute atomic E-state index is 6.22. The van der Waals surface area contributed by atoms with Crippen molar-refractivity contribution in [1.82, 2.24) is 4.98 Å².